The molecule has 0 saturated carbocycles. The first-order valence-corrected chi connectivity index (χ1v) is 8.78. The zero-order valence-electron chi connectivity index (χ0n) is 15.1. The van der Waals surface area contributed by atoms with Gasteiger partial charge in [-0.3, -0.25) is 9.59 Å². The molecule has 0 saturated heterocycles. The summed E-state index contributed by atoms with van der Waals surface area (Å²) in [4.78, 5) is 27.5. The molecular weight excluding hydrogens is 342 g/mol. The molecule has 0 unspecified atom stereocenters. The van der Waals surface area contributed by atoms with Crippen molar-refractivity contribution in [3.8, 4) is 11.3 Å². The number of rotatable bonds is 7. The highest BCUT2D eigenvalue weighted by Crippen LogP contribution is 2.20. The fourth-order valence-corrected chi connectivity index (χ4v) is 2.66. The number of hydrogen-bond donors (Lipinski definition) is 2. The SMILES string of the molecule is CC(=O)Nc1cccc(NC(=O)CCCc2ncc(-c3ccccc3)o2)c1. The van der Waals surface area contributed by atoms with Crippen LogP contribution in [0.3, 0.4) is 0 Å². The molecule has 3 rings (SSSR count). The first-order valence-electron chi connectivity index (χ1n) is 8.78. The minimum atomic E-state index is -0.153. The lowest BCUT2D eigenvalue weighted by atomic mass is 10.2. The fraction of sp³-hybridized carbons (Fsp3) is 0.190. The average molecular weight is 363 g/mol. The summed E-state index contributed by atoms with van der Waals surface area (Å²) in [6, 6.07) is 16.8. The quantitative estimate of drug-likeness (QED) is 0.657. The predicted molar refractivity (Wildman–Crippen MR) is 104 cm³/mol. The summed E-state index contributed by atoms with van der Waals surface area (Å²) in [6.07, 6.45) is 3.28. The van der Waals surface area contributed by atoms with Gasteiger partial charge in [-0.1, -0.05) is 36.4 Å². The van der Waals surface area contributed by atoms with Crippen molar-refractivity contribution in [3.05, 3.63) is 66.7 Å². The Bertz CT molecular complexity index is 919. The van der Waals surface area contributed by atoms with Crippen LogP contribution < -0.4 is 10.6 Å². The summed E-state index contributed by atoms with van der Waals surface area (Å²) in [7, 11) is 0. The van der Waals surface area contributed by atoms with Crippen molar-refractivity contribution >= 4 is 23.2 Å². The number of benzene rings is 2. The van der Waals surface area contributed by atoms with E-state index in [2.05, 4.69) is 15.6 Å². The van der Waals surface area contributed by atoms with Crippen LogP contribution in [0.15, 0.2) is 65.2 Å². The molecule has 0 radical (unpaired) electrons. The van der Waals surface area contributed by atoms with Crippen LogP contribution in [-0.2, 0) is 16.0 Å². The van der Waals surface area contributed by atoms with Crippen molar-refractivity contribution in [1.82, 2.24) is 4.98 Å². The fourth-order valence-electron chi connectivity index (χ4n) is 2.66. The van der Waals surface area contributed by atoms with Crippen LogP contribution in [0, 0.1) is 0 Å². The Labute approximate surface area is 157 Å². The predicted octanol–water partition coefficient (Wildman–Crippen LogP) is 4.26. The van der Waals surface area contributed by atoms with Crippen molar-refractivity contribution in [2.45, 2.75) is 26.2 Å². The molecule has 6 heteroatoms. The van der Waals surface area contributed by atoms with E-state index in [1.54, 1.807) is 30.5 Å². The summed E-state index contributed by atoms with van der Waals surface area (Å²) >= 11 is 0. The Balaban J connectivity index is 1.47. The third-order valence-electron chi connectivity index (χ3n) is 3.87. The van der Waals surface area contributed by atoms with E-state index < -0.39 is 0 Å². The third-order valence-corrected chi connectivity index (χ3v) is 3.87. The molecule has 1 aromatic heterocycles. The zero-order valence-corrected chi connectivity index (χ0v) is 15.1. The molecule has 0 bridgehead atoms. The van der Waals surface area contributed by atoms with Crippen molar-refractivity contribution < 1.29 is 14.0 Å². The second-order valence-electron chi connectivity index (χ2n) is 6.15. The minimum Gasteiger partial charge on any atom is -0.441 e. The number of anilines is 2. The molecule has 0 atom stereocenters. The molecule has 0 fully saturated rings. The maximum Gasteiger partial charge on any atom is 0.224 e. The molecule has 138 valence electrons. The monoisotopic (exact) mass is 363 g/mol. The molecule has 3 aromatic rings. The molecular formula is C21H21N3O3. The van der Waals surface area contributed by atoms with Crippen LogP contribution in [0.25, 0.3) is 11.3 Å². The first kappa shape index (κ1) is 18.4. The second kappa shape index (κ2) is 8.80. The van der Waals surface area contributed by atoms with E-state index in [1.165, 1.54) is 6.92 Å². The molecule has 2 aromatic carbocycles. The summed E-state index contributed by atoms with van der Waals surface area (Å²) in [5.74, 6) is 1.10. The van der Waals surface area contributed by atoms with Crippen molar-refractivity contribution in [2.75, 3.05) is 10.6 Å². The number of aromatic nitrogens is 1. The molecule has 0 aliphatic carbocycles. The number of nitrogens with one attached hydrogen (secondary N) is 2. The highest BCUT2D eigenvalue weighted by Gasteiger charge is 2.08. The molecule has 0 spiro atoms. The smallest absolute Gasteiger partial charge is 0.224 e. The molecule has 27 heavy (non-hydrogen) atoms. The number of hydrogen-bond acceptors (Lipinski definition) is 4. The zero-order chi connectivity index (χ0) is 19.1. The number of carbonyl (C=O) groups excluding carboxylic acids is 2. The third kappa shape index (κ3) is 5.54. The summed E-state index contributed by atoms with van der Waals surface area (Å²) in [5, 5.41) is 5.52. The summed E-state index contributed by atoms with van der Waals surface area (Å²) in [6.45, 7) is 1.44. The van der Waals surface area contributed by atoms with Gasteiger partial charge in [-0.15, -0.1) is 0 Å². The lowest BCUT2D eigenvalue weighted by Gasteiger charge is -2.07. The van der Waals surface area contributed by atoms with Crippen LogP contribution in [0.2, 0.25) is 0 Å². The molecule has 2 N–H and O–H groups in total. The van der Waals surface area contributed by atoms with Crippen LogP contribution >= 0.6 is 0 Å². The van der Waals surface area contributed by atoms with Gasteiger partial charge in [-0.2, -0.15) is 0 Å². The van der Waals surface area contributed by atoms with Crippen molar-refractivity contribution in [2.24, 2.45) is 0 Å². The normalized spacial score (nSPS) is 10.4. The van der Waals surface area contributed by atoms with E-state index in [9.17, 15) is 9.59 Å². The van der Waals surface area contributed by atoms with Gasteiger partial charge in [0.05, 0.1) is 6.20 Å². The van der Waals surface area contributed by atoms with Crippen LogP contribution in [-0.4, -0.2) is 16.8 Å². The maximum absolute atomic E-state index is 12.1. The Morgan fingerprint density at radius 3 is 2.48 bits per heavy atom. The summed E-state index contributed by atoms with van der Waals surface area (Å²) < 4.78 is 5.74. The van der Waals surface area contributed by atoms with Gasteiger partial charge in [0, 0.05) is 36.7 Å². The number of nitrogens with zero attached hydrogens (tertiary/aromatic N) is 1. The van der Waals surface area contributed by atoms with E-state index in [0.29, 0.717) is 36.5 Å². The van der Waals surface area contributed by atoms with Gasteiger partial charge in [-0.05, 0) is 24.6 Å². The highest BCUT2D eigenvalue weighted by molar-refractivity contribution is 5.93. The van der Waals surface area contributed by atoms with E-state index >= 15 is 0 Å². The molecule has 6 nitrogen and oxygen atoms in total. The van der Waals surface area contributed by atoms with Gasteiger partial charge in [-0.25, -0.2) is 4.98 Å². The summed E-state index contributed by atoms with van der Waals surface area (Å²) in [5.41, 5.74) is 2.27. The Kier molecular flexibility index (Phi) is 5.99. The molecule has 2 amide bonds. The van der Waals surface area contributed by atoms with Gasteiger partial charge in [0.25, 0.3) is 0 Å². The first-order chi connectivity index (χ1) is 13.1. The van der Waals surface area contributed by atoms with Crippen LogP contribution in [0.4, 0.5) is 11.4 Å². The van der Waals surface area contributed by atoms with Crippen LogP contribution in [0.5, 0.6) is 0 Å². The van der Waals surface area contributed by atoms with Crippen molar-refractivity contribution in [1.29, 1.82) is 0 Å². The Hall–Kier alpha value is -3.41. The van der Waals surface area contributed by atoms with E-state index in [-0.39, 0.29) is 11.8 Å². The Morgan fingerprint density at radius 1 is 1.00 bits per heavy atom. The minimum absolute atomic E-state index is 0.0928. The van der Waals surface area contributed by atoms with E-state index in [0.717, 1.165) is 11.3 Å². The lowest BCUT2D eigenvalue weighted by molar-refractivity contribution is -0.116. The average Bonchev–Trinajstić information content (AvgIpc) is 3.11. The topological polar surface area (TPSA) is 84.2 Å². The number of amides is 2. The number of oxazole rings is 1. The van der Waals surface area contributed by atoms with E-state index in [4.69, 9.17) is 4.42 Å². The standard InChI is InChI=1S/C21H21N3O3/c1-15(25)23-17-9-5-10-18(13-17)24-20(26)11-6-12-21-22-14-19(27-21)16-7-3-2-4-8-16/h2-5,7-10,13-14H,6,11-12H2,1H3,(H,23,25)(H,24,26). The molecule has 1 heterocycles. The lowest BCUT2D eigenvalue weighted by Crippen LogP contribution is -2.12. The van der Waals surface area contributed by atoms with Crippen molar-refractivity contribution in [3.63, 3.8) is 0 Å². The van der Waals surface area contributed by atoms with Gasteiger partial charge >= 0.3 is 0 Å². The number of carbonyl (C=O) groups is 2. The highest BCUT2D eigenvalue weighted by atomic mass is 16.4. The molecule has 0 aliphatic heterocycles. The largest absolute Gasteiger partial charge is 0.441 e. The Morgan fingerprint density at radius 2 is 1.74 bits per heavy atom. The second-order valence-corrected chi connectivity index (χ2v) is 6.15. The van der Waals surface area contributed by atoms with Gasteiger partial charge in [0.1, 0.15) is 0 Å². The molecule has 0 aliphatic rings. The number of aryl methyl sites for hydroxylation is 1. The maximum atomic E-state index is 12.1. The van der Waals surface area contributed by atoms with Gasteiger partial charge in [0.15, 0.2) is 11.7 Å². The van der Waals surface area contributed by atoms with E-state index in [1.807, 2.05) is 30.3 Å². The van der Waals surface area contributed by atoms with Crippen LogP contribution in [0.1, 0.15) is 25.7 Å². The van der Waals surface area contributed by atoms with Gasteiger partial charge < -0.3 is 15.1 Å². The van der Waals surface area contributed by atoms with Gasteiger partial charge in [0.2, 0.25) is 11.8 Å².